The fraction of sp³-hybridized carbons (Fsp3) is 0.227. The van der Waals surface area contributed by atoms with E-state index in [1.54, 1.807) is 18.3 Å². The molecule has 4 N–H and O–H groups in total. The van der Waals surface area contributed by atoms with Crippen LogP contribution in [0.25, 0.3) is 5.69 Å². The zero-order valence-electron chi connectivity index (χ0n) is 16.9. The lowest BCUT2D eigenvalue weighted by molar-refractivity contribution is 0.100. The van der Waals surface area contributed by atoms with Gasteiger partial charge in [0, 0.05) is 31.0 Å². The number of hydrogen-bond acceptors (Lipinski definition) is 3. The summed E-state index contributed by atoms with van der Waals surface area (Å²) in [5.74, 6) is 0.340. The molecule has 7 nitrogen and oxygen atoms in total. The lowest BCUT2D eigenvalue weighted by Gasteiger charge is -2.12. The van der Waals surface area contributed by atoms with Crippen LogP contribution < -0.4 is 16.4 Å². The van der Waals surface area contributed by atoms with Crippen LogP contribution >= 0.6 is 24.0 Å². The number of hydrogen-bond donors (Lipinski definition) is 3. The highest BCUT2D eigenvalue weighted by Crippen LogP contribution is 2.09. The number of benzene rings is 2. The number of primary amides is 1. The van der Waals surface area contributed by atoms with E-state index < -0.39 is 5.91 Å². The van der Waals surface area contributed by atoms with Gasteiger partial charge in [-0.25, -0.2) is 9.67 Å². The monoisotopic (exact) mass is 518 g/mol. The molecule has 0 aliphatic rings. The maximum absolute atomic E-state index is 11.1. The van der Waals surface area contributed by atoms with Crippen molar-refractivity contribution < 1.29 is 4.79 Å². The van der Waals surface area contributed by atoms with Gasteiger partial charge in [0.25, 0.3) is 0 Å². The summed E-state index contributed by atoms with van der Waals surface area (Å²) in [7, 11) is 0. The van der Waals surface area contributed by atoms with Crippen molar-refractivity contribution in [3.05, 3.63) is 83.7 Å². The smallest absolute Gasteiger partial charge is 0.248 e. The lowest BCUT2D eigenvalue weighted by atomic mass is 10.1. The summed E-state index contributed by atoms with van der Waals surface area (Å²) in [6.07, 6.45) is 4.58. The molecular weight excluding hydrogens is 491 g/mol. The molecule has 0 spiro atoms. The molecule has 30 heavy (non-hydrogen) atoms. The van der Waals surface area contributed by atoms with Crippen molar-refractivity contribution in [2.24, 2.45) is 10.7 Å². The first kappa shape index (κ1) is 23.4. The van der Waals surface area contributed by atoms with Crippen LogP contribution in [0, 0.1) is 0 Å². The highest BCUT2D eigenvalue weighted by Gasteiger charge is 2.02. The van der Waals surface area contributed by atoms with Gasteiger partial charge >= 0.3 is 0 Å². The molecule has 2 aromatic carbocycles. The molecule has 3 aromatic rings. The summed E-state index contributed by atoms with van der Waals surface area (Å²) in [5, 5.41) is 10.8. The molecule has 0 aliphatic heterocycles. The van der Waals surface area contributed by atoms with E-state index in [0.717, 1.165) is 36.7 Å². The Morgan fingerprint density at radius 2 is 1.77 bits per heavy atom. The van der Waals surface area contributed by atoms with Gasteiger partial charge in [0.2, 0.25) is 5.91 Å². The summed E-state index contributed by atoms with van der Waals surface area (Å²) in [4.78, 5) is 15.8. The van der Waals surface area contributed by atoms with Crippen molar-refractivity contribution in [1.82, 2.24) is 20.4 Å². The fourth-order valence-electron chi connectivity index (χ4n) is 2.85. The van der Waals surface area contributed by atoms with Crippen LogP contribution in [0.2, 0.25) is 0 Å². The number of carbonyl (C=O) groups is 1. The first-order valence-corrected chi connectivity index (χ1v) is 9.65. The van der Waals surface area contributed by atoms with Crippen molar-refractivity contribution in [2.45, 2.75) is 19.9 Å². The van der Waals surface area contributed by atoms with Crippen molar-refractivity contribution in [2.75, 3.05) is 13.1 Å². The number of nitrogens with zero attached hydrogens (tertiary/aromatic N) is 3. The molecule has 158 valence electrons. The highest BCUT2D eigenvalue weighted by molar-refractivity contribution is 14.0. The van der Waals surface area contributed by atoms with Crippen LogP contribution in [0.1, 0.15) is 28.4 Å². The Hall–Kier alpha value is -2.88. The molecule has 0 radical (unpaired) electrons. The molecule has 0 saturated carbocycles. The van der Waals surface area contributed by atoms with E-state index in [9.17, 15) is 4.79 Å². The quantitative estimate of drug-likeness (QED) is 0.243. The Bertz CT molecular complexity index is 937. The standard InChI is InChI=1S/C22H26N6O.HI/c1-2-24-22(26-16-18-4-8-19(9-5-18)21(23)29)25-14-12-17-6-10-20(11-7-17)28-15-3-13-27-28;/h3-11,13,15H,2,12,14,16H2,1H3,(H2,23,29)(H2,24,25,26);1H. The van der Waals surface area contributed by atoms with Gasteiger partial charge in [-0.15, -0.1) is 24.0 Å². The number of rotatable bonds is 8. The second kappa shape index (κ2) is 12.0. The summed E-state index contributed by atoms with van der Waals surface area (Å²) in [5.41, 5.74) is 9.07. The van der Waals surface area contributed by atoms with Gasteiger partial charge in [-0.3, -0.25) is 4.79 Å². The van der Waals surface area contributed by atoms with Crippen LogP contribution in [0.4, 0.5) is 0 Å². The maximum Gasteiger partial charge on any atom is 0.248 e. The van der Waals surface area contributed by atoms with Crippen molar-refractivity contribution in [3.8, 4) is 5.69 Å². The van der Waals surface area contributed by atoms with Crippen LogP contribution in [0.3, 0.4) is 0 Å². The molecule has 1 aromatic heterocycles. The number of guanidine groups is 1. The number of aliphatic imine (C=N–C) groups is 1. The molecule has 3 rings (SSSR count). The summed E-state index contributed by atoms with van der Waals surface area (Å²) in [6, 6.07) is 17.5. The van der Waals surface area contributed by atoms with Gasteiger partial charge in [-0.05, 0) is 54.8 Å². The minimum atomic E-state index is -0.423. The van der Waals surface area contributed by atoms with Crippen LogP contribution in [-0.2, 0) is 13.0 Å². The van der Waals surface area contributed by atoms with Gasteiger partial charge in [0.05, 0.1) is 12.2 Å². The molecule has 8 heteroatoms. The average molecular weight is 518 g/mol. The van der Waals surface area contributed by atoms with Crippen molar-refractivity contribution in [3.63, 3.8) is 0 Å². The predicted molar refractivity (Wildman–Crippen MR) is 130 cm³/mol. The van der Waals surface area contributed by atoms with Crippen LogP contribution in [-0.4, -0.2) is 34.7 Å². The van der Waals surface area contributed by atoms with E-state index >= 15 is 0 Å². The lowest BCUT2D eigenvalue weighted by Crippen LogP contribution is -2.38. The van der Waals surface area contributed by atoms with E-state index in [2.05, 4.69) is 45.0 Å². The minimum absolute atomic E-state index is 0. The number of nitrogens with one attached hydrogen (secondary N) is 2. The normalized spacial score (nSPS) is 10.9. The summed E-state index contributed by atoms with van der Waals surface area (Å²) >= 11 is 0. The van der Waals surface area contributed by atoms with Crippen molar-refractivity contribution in [1.29, 1.82) is 0 Å². The maximum atomic E-state index is 11.1. The number of carbonyl (C=O) groups excluding carboxylic acids is 1. The number of amides is 1. The Labute approximate surface area is 193 Å². The van der Waals surface area contributed by atoms with E-state index in [4.69, 9.17) is 5.73 Å². The third kappa shape index (κ3) is 6.87. The van der Waals surface area contributed by atoms with Gasteiger partial charge in [-0.2, -0.15) is 5.10 Å². The van der Waals surface area contributed by atoms with E-state index in [-0.39, 0.29) is 24.0 Å². The zero-order chi connectivity index (χ0) is 20.5. The Morgan fingerprint density at radius 3 is 2.37 bits per heavy atom. The Balaban J connectivity index is 0.00000320. The summed E-state index contributed by atoms with van der Waals surface area (Å²) < 4.78 is 1.84. The molecule has 0 aliphatic carbocycles. The van der Waals surface area contributed by atoms with Gasteiger partial charge < -0.3 is 16.4 Å². The van der Waals surface area contributed by atoms with Gasteiger partial charge in [0.15, 0.2) is 5.96 Å². The second-order valence-corrected chi connectivity index (χ2v) is 6.55. The Morgan fingerprint density at radius 1 is 1.07 bits per heavy atom. The Kier molecular flexibility index (Phi) is 9.33. The number of halogens is 1. The number of aromatic nitrogens is 2. The molecule has 1 amide bonds. The third-order valence-corrected chi connectivity index (χ3v) is 4.41. The second-order valence-electron chi connectivity index (χ2n) is 6.55. The topological polar surface area (TPSA) is 97.3 Å². The third-order valence-electron chi connectivity index (χ3n) is 4.41. The van der Waals surface area contributed by atoms with Crippen LogP contribution in [0.15, 0.2) is 72.0 Å². The highest BCUT2D eigenvalue weighted by atomic mass is 127. The largest absolute Gasteiger partial charge is 0.366 e. The first-order chi connectivity index (χ1) is 14.2. The van der Waals surface area contributed by atoms with Gasteiger partial charge in [-0.1, -0.05) is 24.3 Å². The molecule has 0 fully saturated rings. The van der Waals surface area contributed by atoms with E-state index in [1.807, 2.05) is 36.0 Å². The van der Waals surface area contributed by atoms with Gasteiger partial charge in [0.1, 0.15) is 0 Å². The molecule has 1 heterocycles. The molecule has 0 atom stereocenters. The van der Waals surface area contributed by atoms with Crippen molar-refractivity contribution >= 4 is 35.8 Å². The predicted octanol–water partition coefficient (Wildman–Crippen LogP) is 2.89. The summed E-state index contributed by atoms with van der Waals surface area (Å²) in [6.45, 7) is 4.11. The minimum Gasteiger partial charge on any atom is -0.366 e. The number of nitrogens with two attached hydrogens (primary N) is 1. The zero-order valence-corrected chi connectivity index (χ0v) is 19.2. The van der Waals surface area contributed by atoms with E-state index in [1.165, 1.54) is 5.56 Å². The fourth-order valence-corrected chi connectivity index (χ4v) is 2.85. The van der Waals surface area contributed by atoms with Crippen LogP contribution in [0.5, 0.6) is 0 Å². The first-order valence-electron chi connectivity index (χ1n) is 9.65. The molecule has 0 bridgehead atoms. The average Bonchev–Trinajstić information content (AvgIpc) is 3.28. The van der Waals surface area contributed by atoms with E-state index in [0.29, 0.717) is 12.1 Å². The molecule has 0 saturated heterocycles. The molecule has 0 unspecified atom stereocenters. The SMILES string of the molecule is CCNC(=NCc1ccc(C(N)=O)cc1)NCCc1ccc(-n2cccn2)cc1.I. The molecular formula is C22H27IN6O.